The van der Waals surface area contributed by atoms with Gasteiger partial charge in [0.25, 0.3) is 0 Å². The molecule has 0 spiro atoms. The van der Waals surface area contributed by atoms with Crippen molar-refractivity contribution >= 4 is 17.3 Å². The molecular formula is C20H22FN3O2. The Labute approximate surface area is 151 Å². The summed E-state index contributed by atoms with van der Waals surface area (Å²) in [5.41, 5.74) is 2.30. The molecule has 4 rings (SSSR count). The largest absolute Gasteiger partial charge is 0.493 e. The smallest absolute Gasteiger partial charge is 0.224 e. The standard InChI is InChI=1S/C20H22FN3O2/c1-11-19(23-15-6-8-18(26)22-10-15)16-9-14(21)5-7-17(16)24(12(2)25)20(11)13-3-4-13/h5-11,13,19-20,23H,3-4H2,1-2H3,(H,22,26)/t11-,19-,20?/m1/s1. The zero-order chi connectivity index (χ0) is 18.4. The van der Waals surface area contributed by atoms with Crippen molar-refractivity contribution in [3.63, 3.8) is 0 Å². The molecule has 1 saturated carbocycles. The summed E-state index contributed by atoms with van der Waals surface area (Å²) in [7, 11) is 0. The topological polar surface area (TPSA) is 65.5 Å². The van der Waals surface area contributed by atoms with E-state index in [0.717, 1.165) is 29.8 Å². The van der Waals surface area contributed by atoms with Crippen molar-refractivity contribution < 1.29 is 14.3 Å². The molecule has 2 aliphatic rings. The number of hydrogen-bond donors (Lipinski definition) is 2. The summed E-state index contributed by atoms with van der Waals surface area (Å²) in [6.45, 7) is 3.69. The molecule has 3 atom stereocenters. The van der Waals surface area contributed by atoms with Crippen molar-refractivity contribution in [2.24, 2.45) is 11.8 Å². The van der Waals surface area contributed by atoms with Crippen molar-refractivity contribution in [2.45, 2.75) is 38.8 Å². The number of benzene rings is 1. The van der Waals surface area contributed by atoms with Crippen molar-refractivity contribution in [2.75, 3.05) is 10.2 Å². The molecule has 136 valence electrons. The minimum absolute atomic E-state index is 0.00800. The summed E-state index contributed by atoms with van der Waals surface area (Å²) in [5.74, 6) is 0.215. The third kappa shape index (κ3) is 2.89. The number of anilines is 2. The molecule has 1 aromatic heterocycles. The Hall–Kier alpha value is -2.63. The fourth-order valence-corrected chi connectivity index (χ4v) is 4.19. The van der Waals surface area contributed by atoms with Gasteiger partial charge in [-0.15, -0.1) is 0 Å². The number of nitrogens with one attached hydrogen (secondary N) is 1. The second-order valence-corrected chi connectivity index (χ2v) is 7.31. The zero-order valence-electron chi connectivity index (χ0n) is 14.8. The summed E-state index contributed by atoms with van der Waals surface area (Å²) in [4.78, 5) is 18.2. The molecule has 1 amide bonds. The van der Waals surface area contributed by atoms with Gasteiger partial charge in [-0.25, -0.2) is 9.37 Å². The van der Waals surface area contributed by atoms with E-state index in [1.54, 1.807) is 25.3 Å². The van der Waals surface area contributed by atoms with Crippen LogP contribution in [0.5, 0.6) is 5.88 Å². The average molecular weight is 355 g/mol. The number of carbonyl (C=O) groups is 1. The van der Waals surface area contributed by atoms with Gasteiger partial charge in [0, 0.05) is 36.2 Å². The Balaban J connectivity index is 1.79. The molecule has 1 unspecified atom stereocenters. The molecule has 2 heterocycles. The van der Waals surface area contributed by atoms with E-state index >= 15 is 0 Å². The van der Waals surface area contributed by atoms with Crippen LogP contribution in [0.4, 0.5) is 15.8 Å². The van der Waals surface area contributed by atoms with E-state index < -0.39 is 0 Å². The lowest BCUT2D eigenvalue weighted by Crippen LogP contribution is -2.51. The molecule has 2 N–H and O–H groups in total. The van der Waals surface area contributed by atoms with Gasteiger partial charge < -0.3 is 15.3 Å². The Morgan fingerprint density at radius 2 is 2.08 bits per heavy atom. The van der Waals surface area contributed by atoms with Crippen LogP contribution in [0.2, 0.25) is 0 Å². The molecule has 0 radical (unpaired) electrons. The fourth-order valence-electron chi connectivity index (χ4n) is 4.19. The second-order valence-electron chi connectivity index (χ2n) is 7.31. The number of hydrogen-bond acceptors (Lipinski definition) is 4. The van der Waals surface area contributed by atoms with Crippen LogP contribution in [0.1, 0.15) is 38.3 Å². The third-order valence-electron chi connectivity index (χ3n) is 5.46. The highest BCUT2D eigenvalue weighted by Gasteiger charge is 2.47. The number of pyridine rings is 1. The van der Waals surface area contributed by atoms with E-state index in [2.05, 4.69) is 17.2 Å². The van der Waals surface area contributed by atoms with Gasteiger partial charge in [-0.2, -0.15) is 0 Å². The molecule has 1 aromatic carbocycles. The highest BCUT2D eigenvalue weighted by atomic mass is 19.1. The first kappa shape index (κ1) is 16.8. The van der Waals surface area contributed by atoms with E-state index in [1.165, 1.54) is 18.2 Å². The van der Waals surface area contributed by atoms with Crippen molar-refractivity contribution in [3.8, 4) is 5.88 Å². The van der Waals surface area contributed by atoms with Gasteiger partial charge in [-0.05, 0) is 43.0 Å². The molecule has 2 aromatic rings. The van der Waals surface area contributed by atoms with Crippen LogP contribution in [-0.2, 0) is 4.79 Å². The van der Waals surface area contributed by atoms with Crippen molar-refractivity contribution in [3.05, 3.63) is 47.9 Å². The Morgan fingerprint density at radius 3 is 2.69 bits per heavy atom. The van der Waals surface area contributed by atoms with Gasteiger partial charge in [-0.1, -0.05) is 6.92 Å². The predicted octanol–water partition coefficient (Wildman–Crippen LogP) is 3.86. The third-order valence-corrected chi connectivity index (χ3v) is 5.46. The van der Waals surface area contributed by atoms with E-state index in [-0.39, 0.29) is 35.6 Å². The highest BCUT2D eigenvalue weighted by molar-refractivity contribution is 5.94. The number of carbonyl (C=O) groups excluding carboxylic acids is 1. The lowest BCUT2D eigenvalue weighted by molar-refractivity contribution is -0.117. The maximum Gasteiger partial charge on any atom is 0.224 e. The van der Waals surface area contributed by atoms with Gasteiger partial charge in [0.1, 0.15) is 5.82 Å². The number of nitrogens with zero attached hydrogens (tertiary/aromatic N) is 2. The summed E-state index contributed by atoms with van der Waals surface area (Å²) in [5, 5.41) is 12.8. The van der Waals surface area contributed by atoms with Crippen LogP contribution in [-0.4, -0.2) is 22.0 Å². The number of rotatable bonds is 3. The van der Waals surface area contributed by atoms with Gasteiger partial charge in [0.05, 0.1) is 17.9 Å². The molecule has 1 aliphatic heterocycles. The van der Waals surface area contributed by atoms with Crippen LogP contribution in [0.3, 0.4) is 0 Å². The first-order valence-electron chi connectivity index (χ1n) is 8.96. The van der Waals surface area contributed by atoms with Gasteiger partial charge in [-0.3, -0.25) is 4.79 Å². The van der Waals surface area contributed by atoms with Crippen LogP contribution in [0.25, 0.3) is 0 Å². The summed E-state index contributed by atoms with van der Waals surface area (Å²) < 4.78 is 14.0. The Kier molecular flexibility index (Phi) is 4.05. The minimum atomic E-state index is -0.319. The number of amides is 1. The summed E-state index contributed by atoms with van der Waals surface area (Å²) in [6.07, 6.45) is 3.79. The summed E-state index contributed by atoms with van der Waals surface area (Å²) in [6, 6.07) is 7.84. The molecule has 1 fully saturated rings. The normalized spacial score (nSPS) is 24.9. The lowest BCUT2D eigenvalue weighted by Gasteiger charge is -2.46. The van der Waals surface area contributed by atoms with E-state index in [9.17, 15) is 14.3 Å². The number of aromatic hydroxyl groups is 1. The van der Waals surface area contributed by atoms with E-state index in [4.69, 9.17) is 0 Å². The first-order valence-corrected chi connectivity index (χ1v) is 8.96. The Morgan fingerprint density at radius 1 is 1.31 bits per heavy atom. The molecule has 6 heteroatoms. The number of aromatic nitrogens is 1. The van der Waals surface area contributed by atoms with Gasteiger partial charge in [0.2, 0.25) is 11.8 Å². The van der Waals surface area contributed by atoms with E-state index in [1.807, 2.05) is 4.90 Å². The SMILES string of the molecule is CC(=O)N1c2ccc(F)cc2[C@H](Nc2ccc(O)nc2)[C@@H](C)C1C1CC1. The predicted molar refractivity (Wildman–Crippen MR) is 97.5 cm³/mol. The highest BCUT2D eigenvalue weighted by Crippen LogP contribution is 2.50. The van der Waals surface area contributed by atoms with E-state index in [0.29, 0.717) is 5.92 Å². The average Bonchev–Trinajstić information content (AvgIpc) is 3.43. The maximum atomic E-state index is 14.0. The molecule has 26 heavy (non-hydrogen) atoms. The monoisotopic (exact) mass is 355 g/mol. The van der Waals surface area contributed by atoms with Crippen LogP contribution in [0, 0.1) is 17.7 Å². The number of fused-ring (bicyclic) bond motifs is 1. The molecule has 1 aliphatic carbocycles. The van der Waals surface area contributed by atoms with Crippen LogP contribution in [0.15, 0.2) is 36.5 Å². The van der Waals surface area contributed by atoms with Crippen LogP contribution < -0.4 is 10.2 Å². The van der Waals surface area contributed by atoms with Crippen molar-refractivity contribution in [1.82, 2.24) is 4.98 Å². The fraction of sp³-hybridized carbons (Fsp3) is 0.400. The number of halogens is 1. The molecular weight excluding hydrogens is 333 g/mol. The first-order chi connectivity index (χ1) is 12.5. The molecule has 5 nitrogen and oxygen atoms in total. The van der Waals surface area contributed by atoms with Gasteiger partial charge in [0.15, 0.2) is 0 Å². The maximum absolute atomic E-state index is 14.0. The zero-order valence-corrected chi connectivity index (χ0v) is 14.8. The minimum Gasteiger partial charge on any atom is -0.493 e. The van der Waals surface area contributed by atoms with Crippen molar-refractivity contribution in [1.29, 1.82) is 0 Å². The van der Waals surface area contributed by atoms with Gasteiger partial charge >= 0.3 is 0 Å². The quantitative estimate of drug-likeness (QED) is 0.877. The second kappa shape index (κ2) is 6.27. The summed E-state index contributed by atoms with van der Waals surface area (Å²) >= 11 is 0. The lowest BCUT2D eigenvalue weighted by atomic mass is 9.80. The van der Waals surface area contributed by atoms with Crippen LogP contribution >= 0.6 is 0 Å². The molecule has 0 bridgehead atoms. The Bertz CT molecular complexity index is 835. The molecule has 0 saturated heterocycles.